The van der Waals surface area contributed by atoms with Crippen molar-refractivity contribution in [3.8, 4) is 33.2 Å². The third-order valence-electron chi connectivity index (χ3n) is 5.33. The van der Waals surface area contributed by atoms with Crippen molar-refractivity contribution < 1.29 is 9.47 Å². The second-order valence-corrected chi connectivity index (χ2v) is 7.84. The number of ether oxygens (including phenoxy) is 2. The van der Waals surface area contributed by atoms with E-state index in [0.717, 1.165) is 24.2 Å². The maximum Gasteiger partial charge on any atom is 0.212 e. The lowest BCUT2D eigenvalue weighted by molar-refractivity contribution is 0.207. The Morgan fingerprint density at radius 1 is 0.966 bits per heavy atom. The van der Waals surface area contributed by atoms with Gasteiger partial charge in [0.1, 0.15) is 11.9 Å². The minimum Gasteiger partial charge on any atom is -0.486 e. The highest BCUT2D eigenvalue weighted by atomic mass is 32.1. The fourth-order valence-corrected chi connectivity index (χ4v) is 4.49. The van der Waals surface area contributed by atoms with E-state index in [2.05, 4.69) is 45.8 Å². The monoisotopic (exact) mass is 400 g/mol. The van der Waals surface area contributed by atoms with E-state index in [-0.39, 0.29) is 6.10 Å². The Labute approximate surface area is 174 Å². The second kappa shape index (κ2) is 7.68. The molecule has 5 heteroatoms. The molecule has 2 aromatic carbocycles. The van der Waals surface area contributed by atoms with Gasteiger partial charge in [-0.25, -0.2) is 9.36 Å². The van der Waals surface area contributed by atoms with Crippen LogP contribution < -0.4 is 9.47 Å². The highest BCUT2D eigenvalue weighted by Gasteiger charge is 2.26. The smallest absolute Gasteiger partial charge is 0.212 e. The van der Waals surface area contributed by atoms with E-state index in [1.54, 1.807) is 7.11 Å². The third kappa shape index (κ3) is 3.49. The summed E-state index contributed by atoms with van der Waals surface area (Å²) in [5.74, 6) is 1.52. The Hall–Kier alpha value is -3.18. The number of hydrogen-bond donors (Lipinski definition) is 0. The molecule has 0 spiro atoms. The largest absolute Gasteiger partial charge is 0.486 e. The highest BCUT2D eigenvalue weighted by Crippen LogP contribution is 2.40. The number of pyridine rings is 1. The summed E-state index contributed by atoms with van der Waals surface area (Å²) in [4.78, 5) is 5.53. The Kier molecular flexibility index (Phi) is 4.74. The molecule has 0 radical (unpaired) electrons. The molecule has 0 unspecified atom stereocenters. The van der Waals surface area contributed by atoms with Gasteiger partial charge in [0.05, 0.1) is 12.0 Å². The van der Waals surface area contributed by atoms with Gasteiger partial charge < -0.3 is 9.47 Å². The van der Waals surface area contributed by atoms with Crippen LogP contribution in [0.25, 0.3) is 21.6 Å². The Morgan fingerprint density at radius 2 is 1.83 bits per heavy atom. The van der Waals surface area contributed by atoms with Crippen molar-refractivity contribution in [3.63, 3.8) is 0 Å². The van der Waals surface area contributed by atoms with Crippen LogP contribution in [0.1, 0.15) is 23.7 Å². The van der Waals surface area contributed by atoms with Gasteiger partial charge >= 0.3 is 0 Å². The lowest BCUT2D eigenvalue weighted by Gasteiger charge is -2.16. The van der Waals surface area contributed by atoms with Crippen molar-refractivity contribution in [1.82, 2.24) is 9.36 Å². The first-order valence-electron chi connectivity index (χ1n) is 9.62. The molecule has 5 rings (SSSR count). The van der Waals surface area contributed by atoms with Gasteiger partial charge in [-0.2, -0.15) is 0 Å². The Morgan fingerprint density at radius 3 is 2.55 bits per heavy atom. The van der Waals surface area contributed by atoms with Crippen molar-refractivity contribution in [3.05, 3.63) is 84.2 Å². The lowest BCUT2D eigenvalue weighted by Crippen LogP contribution is -2.03. The Bertz CT molecular complexity index is 1110. The first-order valence-corrected chi connectivity index (χ1v) is 10.4. The average Bonchev–Trinajstić information content (AvgIpc) is 3.45. The molecule has 144 valence electrons. The summed E-state index contributed by atoms with van der Waals surface area (Å²) in [6.45, 7) is 0. The zero-order chi connectivity index (χ0) is 19.6. The predicted octanol–water partition coefficient (Wildman–Crippen LogP) is 5.95. The van der Waals surface area contributed by atoms with Gasteiger partial charge in [-0.3, -0.25) is 0 Å². The summed E-state index contributed by atoms with van der Waals surface area (Å²) < 4.78 is 15.7. The molecule has 0 N–H and O–H groups in total. The minimum atomic E-state index is 0.0745. The van der Waals surface area contributed by atoms with E-state index < -0.39 is 0 Å². The molecule has 1 aliphatic rings. The van der Waals surface area contributed by atoms with Crippen LogP contribution >= 0.6 is 11.5 Å². The van der Waals surface area contributed by atoms with Crippen molar-refractivity contribution >= 4 is 11.5 Å². The van der Waals surface area contributed by atoms with E-state index in [1.807, 2.05) is 36.7 Å². The van der Waals surface area contributed by atoms with Crippen LogP contribution in [0.3, 0.4) is 0 Å². The van der Waals surface area contributed by atoms with Crippen LogP contribution in [0.15, 0.2) is 73.1 Å². The molecule has 29 heavy (non-hydrogen) atoms. The zero-order valence-corrected chi connectivity index (χ0v) is 16.9. The molecule has 2 heterocycles. The van der Waals surface area contributed by atoms with Crippen molar-refractivity contribution in [2.75, 3.05) is 7.11 Å². The van der Waals surface area contributed by atoms with Crippen LogP contribution in [0.4, 0.5) is 0 Å². The lowest BCUT2D eigenvalue weighted by atomic mass is 9.98. The van der Waals surface area contributed by atoms with Crippen LogP contribution in [0.5, 0.6) is 11.6 Å². The van der Waals surface area contributed by atoms with Gasteiger partial charge in [0.15, 0.2) is 0 Å². The van der Waals surface area contributed by atoms with Gasteiger partial charge in [0.25, 0.3) is 0 Å². The Balaban J connectivity index is 1.38. The molecular formula is C24H20N2O2S. The highest BCUT2D eigenvalue weighted by molar-refractivity contribution is 7.09. The molecule has 1 atom stereocenters. The number of rotatable bonds is 5. The fraction of sp³-hybridized carbons (Fsp3) is 0.167. The van der Waals surface area contributed by atoms with Crippen molar-refractivity contribution in [1.29, 1.82) is 0 Å². The average molecular weight is 401 g/mol. The van der Waals surface area contributed by atoms with Crippen LogP contribution in [0, 0.1) is 0 Å². The molecule has 0 bridgehead atoms. The minimum absolute atomic E-state index is 0.0745. The molecule has 0 saturated heterocycles. The molecule has 4 nitrogen and oxygen atoms in total. The van der Waals surface area contributed by atoms with Gasteiger partial charge in [0, 0.05) is 24.0 Å². The van der Waals surface area contributed by atoms with E-state index in [1.165, 1.54) is 38.7 Å². The van der Waals surface area contributed by atoms with Crippen LogP contribution in [-0.2, 0) is 6.42 Å². The van der Waals surface area contributed by atoms with E-state index in [4.69, 9.17) is 9.47 Å². The summed E-state index contributed by atoms with van der Waals surface area (Å²) in [5, 5.41) is 0. The third-order valence-corrected chi connectivity index (χ3v) is 6.12. The summed E-state index contributed by atoms with van der Waals surface area (Å²) in [7, 11) is 1.63. The maximum absolute atomic E-state index is 6.35. The van der Waals surface area contributed by atoms with Gasteiger partial charge in [-0.05, 0) is 83.0 Å². The molecule has 0 amide bonds. The summed E-state index contributed by atoms with van der Waals surface area (Å²) in [5.41, 5.74) is 6.12. The molecular weight excluding hydrogens is 380 g/mol. The van der Waals surface area contributed by atoms with Crippen molar-refractivity contribution in [2.24, 2.45) is 0 Å². The van der Waals surface area contributed by atoms with Crippen molar-refractivity contribution in [2.45, 2.75) is 18.9 Å². The molecule has 2 aromatic heterocycles. The summed E-state index contributed by atoms with van der Waals surface area (Å²) in [6, 6.07) is 20.7. The second-order valence-electron chi connectivity index (χ2n) is 7.01. The van der Waals surface area contributed by atoms with Gasteiger partial charge in [-0.15, -0.1) is 0 Å². The van der Waals surface area contributed by atoms with E-state index in [9.17, 15) is 0 Å². The van der Waals surface area contributed by atoms with E-state index in [0.29, 0.717) is 5.88 Å². The first kappa shape index (κ1) is 17.9. The zero-order valence-electron chi connectivity index (χ0n) is 16.0. The SMILES string of the molecule is COc1ccc(-c2cccc3c2CC[C@H]3Oc2ccc(-c3ccns3)cc2)cn1. The normalized spacial score (nSPS) is 15.1. The van der Waals surface area contributed by atoms with Crippen LogP contribution in [0.2, 0.25) is 0 Å². The molecule has 0 saturated carbocycles. The van der Waals surface area contributed by atoms with Gasteiger partial charge in [-0.1, -0.05) is 18.2 Å². The molecule has 4 aromatic rings. The fourth-order valence-electron chi connectivity index (χ4n) is 3.90. The topological polar surface area (TPSA) is 44.2 Å². The van der Waals surface area contributed by atoms with E-state index >= 15 is 0 Å². The predicted molar refractivity (Wildman–Crippen MR) is 115 cm³/mol. The summed E-state index contributed by atoms with van der Waals surface area (Å²) >= 11 is 1.50. The molecule has 1 aliphatic carbocycles. The quantitative estimate of drug-likeness (QED) is 0.415. The maximum atomic E-state index is 6.35. The number of hydrogen-bond acceptors (Lipinski definition) is 5. The van der Waals surface area contributed by atoms with Crippen LogP contribution in [-0.4, -0.2) is 16.5 Å². The number of nitrogens with zero attached hydrogens (tertiary/aromatic N) is 2. The molecule has 0 aliphatic heterocycles. The number of aromatic nitrogens is 2. The standard InChI is InChI=1S/C24H20N2O2S/c1-27-24-12-7-17(15-25-24)19-3-2-4-21-20(19)10-11-22(21)28-18-8-5-16(6-9-18)23-13-14-26-29-23/h2-9,12-15,22H,10-11H2,1H3/t22-/m1/s1. The number of methoxy groups -OCH3 is 1. The van der Waals surface area contributed by atoms with Gasteiger partial charge in [0.2, 0.25) is 5.88 Å². The first-order chi connectivity index (χ1) is 14.3. The number of fused-ring (bicyclic) bond motifs is 1. The summed E-state index contributed by atoms with van der Waals surface area (Å²) in [6.07, 6.45) is 5.76. The molecule has 0 fully saturated rings. The number of benzene rings is 2.